The molecule has 1 unspecified atom stereocenters. The molecule has 1 aliphatic rings. The predicted octanol–water partition coefficient (Wildman–Crippen LogP) is 0.710. The molecule has 1 rings (SSSR count). The van der Waals surface area contributed by atoms with E-state index in [-0.39, 0.29) is 6.29 Å². The average Bonchev–Trinajstić information content (AvgIpc) is 2.89. The second-order valence-corrected chi connectivity index (χ2v) is 5.60. The maximum Gasteiger partial charge on any atom is 0.422 e. The summed E-state index contributed by atoms with van der Waals surface area (Å²) in [7, 11) is 1.28. The van der Waals surface area contributed by atoms with E-state index < -0.39 is 23.7 Å². The van der Waals surface area contributed by atoms with Crippen molar-refractivity contribution in [2.75, 3.05) is 20.3 Å². The van der Waals surface area contributed by atoms with Crippen molar-refractivity contribution < 1.29 is 28.5 Å². The second kappa shape index (κ2) is 8.16. The number of esters is 1. The Morgan fingerprint density at radius 3 is 2.43 bits per heavy atom. The molecule has 1 heterocycles. The van der Waals surface area contributed by atoms with E-state index >= 15 is 0 Å². The standard InChI is InChI=1S/C13H24N2O6/c1-13(2,3)21-12(17)15-14-9(11(16)18-4)5-6-10-19-7-8-20-10/h9-10,14H,5-8H2,1-4H3,(H,15,17). The molecule has 1 aliphatic heterocycles. The summed E-state index contributed by atoms with van der Waals surface area (Å²) in [6, 6.07) is -0.699. The highest BCUT2D eigenvalue weighted by molar-refractivity contribution is 5.76. The Hall–Kier alpha value is -1.38. The topological polar surface area (TPSA) is 95.1 Å². The Morgan fingerprint density at radius 2 is 1.90 bits per heavy atom. The van der Waals surface area contributed by atoms with E-state index in [4.69, 9.17) is 14.2 Å². The van der Waals surface area contributed by atoms with Crippen molar-refractivity contribution in [1.82, 2.24) is 10.9 Å². The van der Waals surface area contributed by atoms with Crippen LogP contribution < -0.4 is 10.9 Å². The van der Waals surface area contributed by atoms with Crippen molar-refractivity contribution in [2.45, 2.75) is 51.5 Å². The van der Waals surface area contributed by atoms with Gasteiger partial charge in [0.1, 0.15) is 11.6 Å². The van der Waals surface area contributed by atoms with Crippen LogP contribution in [0.4, 0.5) is 4.79 Å². The molecule has 0 aromatic rings. The summed E-state index contributed by atoms with van der Waals surface area (Å²) in [5.74, 6) is -0.482. The molecule has 0 radical (unpaired) electrons. The number of hydrogen-bond acceptors (Lipinski definition) is 7. The number of hydrazine groups is 1. The molecule has 0 aromatic carbocycles. The van der Waals surface area contributed by atoms with Gasteiger partial charge in [-0.2, -0.15) is 0 Å². The highest BCUT2D eigenvalue weighted by Gasteiger charge is 2.24. The summed E-state index contributed by atoms with van der Waals surface area (Å²) in [6.45, 7) is 6.35. The zero-order chi connectivity index (χ0) is 15.9. The van der Waals surface area contributed by atoms with Crippen LogP contribution in [0.5, 0.6) is 0 Å². The Bertz CT molecular complexity index is 349. The van der Waals surface area contributed by atoms with Crippen LogP contribution in [-0.2, 0) is 23.7 Å². The molecular formula is C13H24N2O6. The molecule has 1 amide bonds. The molecule has 8 nitrogen and oxygen atoms in total. The molecule has 1 atom stereocenters. The number of nitrogens with one attached hydrogen (secondary N) is 2. The van der Waals surface area contributed by atoms with Gasteiger partial charge >= 0.3 is 12.1 Å². The SMILES string of the molecule is COC(=O)C(CCC1OCCO1)NNC(=O)OC(C)(C)C. The molecule has 1 fully saturated rings. The van der Waals surface area contributed by atoms with Gasteiger partial charge in [-0.15, -0.1) is 0 Å². The maximum atomic E-state index is 11.7. The summed E-state index contributed by atoms with van der Waals surface area (Å²) < 4.78 is 20.3. The summed E-state index contributed by atoms with van der Waals surface area (Å²) in [4.78, 5) is 23.2. The molecule has 0 bridgehead atoms. The molecule has 1 saturated heterocycles. The number of hydrogen-bond donors (Lipinski definition) is 2. The lowest BCUT2D eigenvalue weighted by atomic mass is 10.1. The lowest BCUT2D eigenvalue weighted by molar-refractivity contribution is -0.144. The molecule has 0 spiro atoms. The van der Waals surface area contributed by atoms with Gasteiger partial charge in [0.15, 0.2) is 6.29 Å². The van der Waals surface area contributed by atoms with Gasteiger partial charge in [0.25, 0.3) is 0 Å². The number of carbonyl (C=O) groups excluding carboxylic acids is 2. The Kier molecular flexibility index (Phi) is 6.86. The van der Waals surface area contributed by atoms with Crippen LogP contribution in [0.3, 0.4) is 0 Å². The molecule has 0 aromatic heterocycles. The van der Waals surface area contributed by atoms with Gasteiger partial charge in [0, 0.05) is 6.42 Å². The minimum Gasteiger partial charge on any atom is -0.468 e. The van der Waals surface area contributed by atoms with E-state index in [1.165, 1.54) is 7.11 Å². The molecule has 0 saturated carbocycles. The van der Waals surface area contributed by atoms with Crippen LogP contribution in [0.25, 0.3) is 0 Å². The van der Waals surface area contributed by atoms with Crippen molar-refractivity contribution >= 4 is 12.1 Å². The van der Waals surface area contributed by atoms with Crippen LogP contribution in [0, 0.1) is 0 Å². The number of carbonyl (C=O) groups is 2. The number of methoxy groups -OCH3 is 1. The third-order valence-corrected chi connectivity index (χ3v) is 2.61. The zero-order valence-electron chi connectivity index (χ0n) is 12.9. The quantitative estimate of drug-likeness (QED) is 0.551. The van der Waals surface area contributed by atoms with E-state index in [1.807, 2.05) is 0 Å². The fourth-order valence-electron chi connectivity index (χ4n) is 1.72. The third-order valence-electron chi connectivity index (χ3n) is 2.61. The molecule has 122 valence electrons. The van der Waals surface area contributed by atoms with E-state index in [9.17, 15) is 9.59 Å². The Labute approximate surface area is 124 Å². The van der Waals surface area contributed by atoms with Gasteiger partial charge < -0.3 is 18.9 Å². The van der Waals surface area contributed by atoms with Crippen LogP contribution in [0.1, 0.15) is 33.6 Å². The van der Waals surface area contributed by atoms with Crippen molar-refractivity contribution in [2.24, 2.45) is 0 Å². The highest BCUT2D eigenvalue weighted by Crippen LogP contribution is 2.12. The largest absolute Gasteiger partial charge is 0.468 e. The fraction of sp³-hybridized carbons (Fsp3) is 0.846. The first-order valence-corrected chi connectivity index (χ1v) is 6.87. The highest BCUT2D eigenvalue weighted by atomic mass is 16.7. The molecule has 0 aliphatic carbocycles. The molecular weight excluding hydrogens is 280 g/mol. The van der Waals surface area contributed by atoms with E-state index in [1.54, 1.807) is 20.8 Å². The number of ether oxygens (including phenoxy) is 4. The minimum absolute atomic E-state index is 0.319. The molecule has 2 N–H and O–H groups in total. The Morgan fingerprint density at radius 1 is 1.29 bits per heavy atom. The monoisotopic (exact) mass is 304 g/mol. The Balaban J connectivity index is 2.38. The summed E-state index contributed by atoms with van der Waals surface area (Å²) in [6.07, 6.45) is -0.0686. The normalized spacial score (nSPS) is 17.3. The van der Waals surface area contributed by atoms with Gasteiger partial charge in [-0.05, 0) is 27.2 Å². The van der Waals surface area contributed by atoms with E-state index in [0.29, 0.717) is 26.1 Å². The van der Waals surface area contributed by atoms with Gasteiger partial charge in [-0.25, -0.2) is 10.2 Å². The van der Waals surface area contributed by atoms with Crippen LogP contribution in [0.2, 0.25) is 0 Å². The smallest absolute Gasteiger partial charge is 0.422 e. The molecule has 8 heteroatoms. The van der Waals surface area contributed by atoms with Crippen LogP contribution in [0.15, 0.2) is 0 Å². The van der Waals surface area contributed by atoms with Crippen molar-refractivity contribution in [3.8, 4) is 0 Å². The van der Waals surface area contributed by atoms with Crippen LogP contribution in [-0.4, -0.2) is 50.3 Å². The lowest BCUT2D eigenvalue weighted by Crippen LogP contribution is -2.50. The first-order valence-electron chi connectivity index (χ1n) is 6.87. The van der Waals surface area contributed by atoms with Crippen molar-refractivity contribution in [3.05, 3.63) is 0 Å². The lowest BCUT2D eigenvalue weighted by Gasteiger charge is -2.22. The van der Waals surface area contributed by atoms with Crippen LogP contribution >= 0.6 is 0 Å². The van der Waals surface area contributed by atoms with Gasteiger partial charge in [-0.1, -0.05) is 0 Å². The van der Waals surface area contributed by atoms with E-state index in [0.717, 1.165) is 0 Å². The van der Waals surface area contributed by atoms with Gasteiger partial charge in [0.2, 0.25) is 0 Å². The second-order valence-electron chi connectivity index (χ2n) is 5.60. The summed E-state index contributed by atoms with van der Waals surface area (Å²) in [5.41, 5.74) is 4.33. The zero-order valence-corrected chi connectivity index (χ0v) is 12.9. The van der Waals surface area contributed by atoms with E-state index in [2.05, 4.69) is 15.6 Å². The summed E-state index contributed by atoms with van der Waals surface area (Å²) >= 11 is 0. The first-order chi connectivity index (χ1) is 9.81. The third kappa shape index (κ3) is 7.26. The average molecular weight is 304 g/mol. The summed E-state index contributed by atoms with van der Waals surface area (Å²) in [5, 5.41) is 0. The fourth-order valence-corrected chi connectivity index (χ4v) is 1.72. The molecule has 21 heavy (non-hydrogen) atoms. The van der Waals surface area contributed by atoms with Gasteiger partial charge in [0.05, 0.1) is 20.3 Å². The number of amides is 1. The maximum absolute atomic E-state index is 11.7. The first kappa shape index (κ1) is 17.7. The van der Waals surface area contributed by atoms with Crippen molar-refractivity contribution in [3.63, 3.8) is 0 Å². The number of rotatable bonds is 6. The van der Waals surface area contributed by atoms with Crippen molar-refractivity contribution in [1.29, 1.82) is 0 Å². The minimum atomic E-state index is -0.699. The predicted molar refractivity (Wildman–Crippen MR) is 73.2 cm³/mol. The van der Waals surface area contributed by atoms with Gasteiger partial charge in [-0.3, -0.25) is 10.2 Å².